The summed E-state index contributed by atoms with van der Waals surface area (Å²) in [5, 5.41) is 4.93. The highest BCUT2D eigenvalue weighted by Gasteiger charge is 2.19. The molecular formula is C37H28. The Morgan fingerprint density at radius 2 is 1.03 bits per heavy atom. The Morgan fingerprint density at radius 1 is 0.459 bits per heavy atom. The topological polar surface area (TPSA) is 0 Å². The molecule has 37 heavy (non-hydrogen) atoms. The minimum Gasteiger partial charge on any atom is -0.0984 e. The molecule has 6 aromatic carbocycles. The minimum atomic E-state index is 1.11. The van der Waals surface area contributed by atoms with Crippen LogP contribution in [-0.4, -0.2) is 0 Å². The van der Waals surface area contributed by atoms with Gasteiger partial charge >= 0.3 is 0 Å². The van der Waals surface area contributed by atoms with E-state index in [-0.39, 0.29) is 0 Å². The fraction of sp³-hybridized carbons (Fsp3) is 0.0270. The average Bonchev–Trinajstić information content (AvgIpc) is 2.96. The Labute approximate surface area is 218 Å². The van der Waals surface area contributed by atoms with Crippen molar-refractivity contribution in [3.63, 3.8) is 0 Å². The smallest absolute Gasteiger partial charge is 0.00264 e. The van der Waals surface area contributed by atoms with Gasteiger partial charge in [0.15, 0.2) is 0 Å². The third-order valence-electron chi connectivity index (χ3n) is 7.27. The number of benzene rings is 6. The van der Waals surface area contributed by atoms with Gasteiger partial charge in [-0.1, -0.05) is 140 Å². The predicted molar refractivity (Wildman–Crippen MR) is 163 cm³/mol. The Bertz CT molecular complexity index is 1780. The summed E-state index contributed by atoms with van der Waals surface area (Å²) < 4.78 is 0. The summed E-state index contributed by atoms with van der Waals surface area (Å²) in [6.07, 6.45) is 3.98. The lowest BCUT2D eigenvalue weighted by Gasteiger charge is -2.21. The molecule has 0 unspecified atom stereocenters. The predicted octanol–water partition coefficient (Wildman–Crippen LogP) is 10.6. The van der Waals surface area contributed by atoms with Gasteiger partial charge in [0.2, 0.25) is 0 Å². The van der Waals surface area contributed by atoms with Crippen molar-refractivity contribution in [1.82, 2.24) is 0 Å². The van der Waals surface area contributed by atoms with Crippen LogP contribution in [0.15, 0.2) is 128 Å². The van der Waals surface area contributed by atoms with Gasteiger partial charge in [-0.25, -0.2) is 0 Å². The lowest BCUT2D eigenvalue weighted by atomic mass is 9.82. The maximum atomic E-state index is 4.26. The highest BCUT2D eigenvalue weighted by molar-refractivity contribution is 6.12. The van der Waals surface area contributed by atoms with Crippen LogP contribution in [0.2, 0.25) is 0 Å². The summed E-state index contributed by atoms with van der Waals surface area (Å²) in [4.78, 5) is 0. The molecule has 0 nitrogen and oxygen atoms in total. The molecule has 0 heterocycles. The molecule has 0 amide bonds. The third kappa shape index (κ3) is 3.97. The molecule has 0 bridgehead atoms. The van der Waals surface area contributed by atoms with Crippen molar-refractivity contribution in [3.8, 4) is 33.4 Å². The summed E-state index contributed by atoms with van der Waals surface area (Å²) in [7, 11) is 0. The Kier molecular flexibility index (Phi) is 5.79. The van der Waals surface area contributed by atoms with Crippen LogP contribution in [-0.2, 0) is 0 Å². The SMILES string of the molecule is C=Cc1c(C=C)c(-c2ccc(-c3ccccc3)cc2)c2cc(C)ccc2c1-c1ccc2ccccc2c1. The average molecular weight is 473 g/mol. The van der Waals surface area contributed by atoms with E-state index in [9.17, 15) is 0 Å². The van der Waals surface area contributed by atoms with E-state index in [2.05, 4.69) is 135 Å². The zero-order valence-corrected chi connectivity index (χ0v) is 21.0. The summed E-state index contributed by atoms with van der Waals surface area (Å²) in [6.45, 7) is 10.7. The second kappa shape index (κ2) is 9.41. The second-order valence-electron chi connectivity index (χ2n) is 9.54. The van der Waals surface area contributed by atoms with Crippen LogP contribution in [0.4, 0.5) is 0 Å². The van der Waals surface area contributed by atoms with Gasteiger partial charge < -0.3 is 0 Å². The second-order valence-corrected chi connectivity index (χ2v) is 9.54. The third-order valence-corrected chi connectivity index (χ3v) is 7.27. The first-order chi connectivity index (χ1) is 18.2. The van der Waals surface area contributed by atoms with Gasteiger partial charge in [0, 0.05) is 0 Å². The van der Waals surface area contributed by atoms with E-state index < -0.39 is 0 Å². The van der Waals surface area contributed by atoms with Crippen molar-refractivity contribution in [1.29, 1.82) is 0 Å². The van der Waals surface area contributed by atoms with Gasteiger partial charge in [0.05, 0.1) is 0 Å². The Balaban J connectivity index is 1.64. The largest absolute Gasteiger partial charge is 0.0984 e. The van der Waals surface area contributed by atoms with E-state index in [1.54, 1.807) is 0 Å². The van der Waals surface area contributed by atoms with Crippen LogP contribution in [0.5, 0.6) is 0 Å². The van der Waals surface area contributed by atoms with Crippen LogP contribution in [0.3, 0.4) is 0 Å². The molecule has 0 aromatic heterocycles. The van der Waals surface area contributed by atoms with Crippen LogP contribution >= 0.6 is 0 Å². The molecule has 176 valence electrons. The number of aryl methyl sites for hydroxylation is 1. The van der Waals surface area contributed by atoms with Crippen molar-refractivity contribution < 1.29 is 0 Å². The molecule has 0 aliphatic rings. The van der Waals surface area contributed by atoms with E-state index in [1.165, 1.54) is 60.5 Å². The van der Waals surface area contributed by atoms with Crippen molar-refractivity contribution in [2.75, 3.05) is 0 Å². The van der Waals surface area contributed by atoms with Crippen molar-refractivity contribution in [2.45, 2.75) is 6.92 Å². The van der Waals surface area contributed by atoms with Crippen LogP contribution in [0, 0.1) is 6.92 Å². The molecule has 0 saturated heterocycles. The van der Waals surface area contributed by atoms with Gasteiger partial charge in [-0.15, -0.1) is 0 Å². The normalized spacial score (nSPS) is 11.1. The molecule has 6 aromatic rings. The molecule has 0 N–H and O–H groups in total. The fourth-order valence-electron chi connectivity index (χ4n) is 5.49. The zero-order valence-electron chi connectivity index (χ0n) is 21.0. The van der Waals surface area contributed by atoms with Crippen molar-refractivity contribution in [2.24, 2.45) is 0 Å². The van der Waals surface area contributed by atoms with Crippen LogP contribution in [0.1, 0.15) is 16.7 Å². The van der Waals surface area contributed by atoms with Gasteiger partial charge in [-0.05, 0) is 79.0 Å². The van der Waals surface area contributed by atoms with Gasteiger partial charge in [0.25, 0.3) is 0 Å². The maximum absolute atomic E-state index is 4.26. The van der Waals surface area contributed by atoms with E-state index in [0.717, 1.165) is 11.1 Å². The lowest BCUT2D eigenvalue weighted by molar-refractivity contribution is 1.49. The molecule has 0 spiro atoms. The van der Waals surface area contributed by atoms with Crippen LogP contribution in [0.25, 0.3) is 67.1 Å². The molecule has 0 aliphatic carbocycles. The zero-order chi connectivity index (χ0) is 25.4. The van der Waals surface area contributed by atoms with Gasteiger partial charge in [-0.3, -0.25) is 0 Å². The van der Waals surface area contributed by atoms with E-state index >= 15 is 0 Å². The summed E-state index contributed by atoms with van der Waals surface area (Å²) >= 11 is 0. The number of fused-ring (bicyclic) bond motifs is 2. The fourth-order valence-corrected chi connectivity index (χ4v) is 5.49. The van der Waals surface area contributed by atoms with Gasteiger partial charge in [0.1, 0.15) is 0 Å². The van der Waals surface area contributed by atoms with E-state index in [4.69, 9.17) is 0 Å². The molecule has 0 atom stereocenters. The Morgan fingerprint density at radius 3 is 1.73 bits per heavy atom. The van der Waals surface area contributed by atoms with Crippen molar-refractivity contribution >= 4 is 33.7 Å². The molecule has 6 rings (SSSR count). The maximum Gasteiger partial charge on any atom is -0.00264 e. The molecule has 0 saturated carbocycles. The lowest BCUT2D eigenvalue weighted by Crippen LogP contribution is -1.96. The summed E-state index contributed by atoms with van der Waals surface area (Å²) in [5.74, 6) is 0. The molecule has 0 fully saturated rings. The first kappa shape index (κ1) is 22.8. The standard InChI is InChI=1S/C37H28/c1-4-32-33(5-2)37(31-21-18-27-13-9-10-14-30(27)24-31)34-22-15-25(3)23-35(34)36(32)29-19-16-28(17-20-29)26-11-7-6-8-12-26/h4-24H,1-2H2,3H3. The Hall–Kier alpha value is -4.68. The van der Waals surface area contributed by atoms with Crippen molar-refractivity contribution in [3.05, 3.63) is 145 Å². The number of hydrogen-bond acceptors (Lipinski definition) is 0. The quantitative estimate of drug-likeness (QED) is 0.234. The number of hydrogen-bond donors (Lipinski definition) is 0. The first-order valence-corrected chi connectivity index (χ1v) is 12.7. The molecule has 0 aliphatic heterocycles. The highest BCUT2D eigenvalue weighted by atomic mass is 14.2. The van der Waals surface area contributed by atoms with E-state index in [1.807, 2.05) is 12.2 Å². The van der Waals surface area contributed by atoms with E-state index in [0.29, 0.717) is 0 Å². The highest BCUT2D eigenvalue weighted by Crippen LogP contribution is 2.44. The summed E-state index contributed by atoms with van der Waals surface area (Å²) in [5.41, 5.74) is 10.7. The molecular weight excluding hydrogens is 444 g/mol. The monoisotopic (exact) mass is 472 g/mol. The summed E-state index contributed by atoms with van der Waals surface area (Å²) in [6, 6.07) is 41.4. The first-order valence-electron chi connectivity index (χ1n) is 12.7. The van der Waals surface area contributed by atoms with Crippen LogP contribution < -0.4 is 0 Å². The molecule has 0 radical (unpaired) electrons. The number of rotatable bonds is 5. The minimum absolute atomic E-state index is 1.11. The van der Waals surface area contributed by atoms with Gasteiger partial charge in [-0.2, -0.15) is 0 Å². The molecule has 0 heteroatoms.